The first-order valence-electron chi connectivity index (χ1n) is 8.89. The smallest absolute Gasteiger partial charge is 0.251 e. The first-order chi connectivity index (χ1) is 14.1. The molecule has 3 aromatic carbocycles. The lowest BCUT2D eigenvalue weighted by Gasteiger charge is -2.07. The number of nitrogens with two attached hydrogens (primary N) is 1. The van der Waals surface area contributed by atoms with Crippen LogP contribution < -0.4 is 15.8 Å². The highest BCUT2D eigenvalue weighted by Crippen LogP contribution is 2.23. The number of hydrogen-bond donors (Lipinski definition) is 2. The van der Waals surface area contributed by atoms with Gasteiger partial charge in [-0.3, -0.25) is 9.59 Å². The molecule has 0 bridgehead atoms. The van der Waals surface area contributed by atoms with E-state index in [1.54, 1.807) is 59.9 Å². The summed E-state index contributed by atoms with van der Waals surface area (Å²) in [5.74, 6) is 0.488. The van der Waals surface area contributed by atoms with Crippen molar-refractivity contribution in [2.24, 2.45) is 5.73 Å². The standard InChI is InChI=1S/C22H17N3O3S/c23-21(26)14-5-9-16(10-6-14)28-17-11-7-15(8-12-17)22(27)24-13-20-25-18-3-1-2-4-19(18)29-20/h1-12H,13H2,(H2,23,26)(H,24,27). The number of ether oxygens (including phenoxy) is 1. The van der Waals surface area contributed by atoms with Gasteiger partial charge in [-0.15, -0.1) is 11.3 Å². The summed E-state index contributed by atoms with van der Waals surface area (Å²) in [5, 5.41) is 3.75. The van der Waals surface area contributed by atoms with Gasteiger partial charge in [-0.2, -0.15) is 0 Å². The van der Waals surface area contributed by atoms with Crippen molar-refractivity contribution in [2.45, 2.75) is 6.54 Å². The molecular formula is C22H17N3O3S. The van der Waals surface area contributed by atoms with Crippen LogP contribution in [0.25, 0.3) is 10.2 Å². The van der Waals surface area contributed by atoms with Gasteiger partial charge in [-0.25, -0.2) is 4.98 Å². The summed E-state index contributed by atoms with van der Waals surface area (Å²) in [6.07, 6.45) is 0. The second-order valence-corrected chi connectivity index (χ2v) is 7.39. The maximum Gasteiger partial charge on any atom is 0.251 e. The monoisotopic (exact) mass is 403 g/mol. The number of carbonyl (C=O) groups is 2. The van der Waals surface area contributed by atoms with Gasteiger partial charge in [0.1, 0.15) is 16.5 Å². The maximum atomic E-state index is 12.4. The number of benzene rings is 3. The summed E-state index contributed by atoms with van der Waals surface area (Å²) in [6, 6.07) is 21.2. The van der Waals surface area contributed by atoms with Gasteiger partial charge in [0.2, 0.25) is 5.91 Å². The maximum absolute atomic E-state index is 12.4. The number of thiazole rings is 1. The third-order valence-electron chi connectivity index (χ3n) is 4.23. The number of hydrogen-bond acceptors (Lipinski definition) is 5. The molecule has 0 aliphatic heterocycles. The molecule has 2 amide bonds. The van der Waals surface area contributed by atoms with Crippen LogP contribution in [0.15, 0.2) is 72.8 Å². The number of primary amides is 1. The van der Waals surface area contributed by atoms with Gasteiger partial charge in [0, 0.05) is 11.1 Å². The first kappa shape index (κ1) is 18.6. The third-order valence-corrected chi connectivity index (χ3v) is 5.27. The topological polar surface area (TPSA) is 94.3 Å². The highest BCUT2D eigenvalue weighted by molar-refractivity contribution is 7.18. The number of fused-ring (bicyclic) bond motifs is 1. The fourth-order valence-electron chi connectivity index (χ4n) is 2.75. The summed E-state index contributed by atoms with van der Waals surface area (Å²) < 4.78 is 6.82. The Balaban J connectivity index is 1.36. The second-order valence-electron chi connectivity index (χ2n) is 6.27. The molecule has 0 saturated carbocycles. The first-order valence-corrected chi connectivity index (χ1v) is 9.70. The Bertz CT molecular complexity index is 1140. The second kappa shape index (κ2) is 8.12. The van der Waals surface area contributed by atoms with Gasteiger partial charge >= 0.3 is 0 Å². The van der Waals surface area contributed by atoms with E-state index in [2.05, 4.69) is 10.3 Å². The van der Waals surface area contributed by atoms with Crippen LogP contribution in [0.1, 0.15) is 25.7 Å². The summed E-state index contributed by atoms with van der Waals surface area (Å²) in [5.41, 5.74) is 7.10. The highest BCUT2D eigenvalue weighted by Gasteiger charge is 2.09. The van der Waals surface area contributed by atoms with E-state index in [9.17, 15) is 9.59 Å². The molecule has 3 N–H and O–H groups in total. The van der Waals surface area contributed by atoms with E-state index < -0.39 is 5.91 Å². The molecule has 0 aliphatic rings. The number of amides is 2. The van der Waals surface area contributed by atoms with Crippen LogP contribution >= 0.6 is 11.3 Å². The normalized spacial score (nSPS) is 10.6. The minimum atomic E-state index is -0.488. The lowest BCUT2D eigenvalue weighted by molar-refractivity contribution is 0.0949. The van der Waals surface area contributed by atoms with Crippen LogP contribution in [0.2, 0.25) is 0 Å². The molecular weight excluding hydrogens is 386 g/mol. The third kappa shape index (κ3) is 4.41. The van der Waals surface area contributed by atoms with Gasteiger partial charge in [-0.05, 0) is 60.7 Å². The van der Waals surface area contributed by atoms with E-state index in [4.69, 9.17) is 10.5 Å². The molecule has 144 valence electrons. The van der Waals surface area contributed by atoms with Crippen LogP contribution in [0.4, 0.5) is 0 Å². The van der Waals surface area contributed by atoms with Crippen LogP contribution in [-0.4, -0.2) is 16.8 Å². The van der Waals surface area contributed by atoms with Crippen LogP contribution in [0, 0.1) is 0 Å². The van der Waals surface area contributed by atoms with Crippen LogP contribution in [-0.2, 0) is 6.54 Å². The molecule has 1 heterocycles. The summed E-state index contributed by atoms with van der Waals surface area (Å²) in [6.45, 7) is 0.378. The van der Waals surface area contributed by atoms with Crippen molar-refractivity contribution in [3.05, 3.63) is 88.9 Å². The van der Waals surface area contributed by atoms with E-state index in [0.717, 1.165) is 15.2 Å². The Morgan fingerprint density at radius 2 is 1.52 bits per heavy atom. The molecule has 0 aliphatic carbocycles. The lowest BCUT2D eigenvalue weighted by atomic mass is 10.2. The summed E-state index contributed by atoms with van der Waals surface area (Å²) in [7, 11) is 0. The molecule has 29 heavy (non-hydrogen) atoms. The van der Waals surface area contributed by atoms with E-state index in [1.165, 1.54) is 0 Å². The van der Waals surface area contributed by atoms with Gasteiger partial charge in [0.15, 0.2) is 0 Å². The molecule has 0 atom stereocenters. The number of carbonyl (C=O) groups excluding carboxylic acids is 2. The summed E-state index contributed by atoms with van der Waals surface area (Å²) in [4.78, 5) is 28.0. The zero-order valence-corrected chi connectivity index (χ0v) is 16.1. The zero-order valence-electron chi connectivity index (χ0n) is 15.3. The van der Waals surface area contributed by atoms with E-state index >= 15 is 0 Å². The van der Waals surface area contributed by atoms with E-state index in [0.29, 0.717) is 29.2 Å². The molecule has 6 nitrogen and oxygen atoms in total. The Kier molecular flexibility index (Phi) is 5.22. The average Bonchev–Trinajstić information content (AvgIpc) is 3.16. The van der Waals surface area contributed by atoms with Gasteiger partial charge in [0.25, 0.3) is 5.91 Å². The van der Waals surface area contributed by atoms with Crippen LogP contribution in [0.3, 0.4) is 0 Å². The summed E-state index contributed by atoms with van der Waals surface area (Å²) >= 11 is 1.57. The molecule has 4 rings (SSSR count). The van der Waals surface area contributed by atoms with E-state index in [-0.39, 0.29) is 5.91 Å². The predicted octanol–water partition coefficient (Wildman–Crippen LogP) is 4.12. The predicted molar refractivity (Wildman–Crippen MR) is 112 cm³/mol. The molecule has 1 aromatic heterocycles. The quantitative estimate of drug-likeness (QED) is 0.506. The number of nitrogens with zero attached hydrogens (tertiary/aromatic N) is 1. The van der Waals surface area contributed by atoms with Crippen molar-refractivity contribution in [2.75, 3.05) is 0 Å². The van der Waals surface area contributed by atoms with Crippen molar-refractivity contribution >= 4 is 33.4 Å². The number of rotatable bonds is 6. The largest absolute Gasteiger partial charge is 0.457 e. The molecule has 4 aromatic rings. The number of nitrogens with one attached hydrogen (secondary N) is 1. The van der Waals surface area contributed by atoms with Crippen LogP contribution in [0.5, 0.6) is 11.5 Å². The van der Waals surface area contributed by atoms with E-state index in [1.807, 2.05) is 24.3 Å². The van der Waals surface area contributed by atoms with Gasteiger partial charge < -0.3 is 15.8 Å². The lowest BCUT2D eigenvalue weighted by Crippen LogP contribution is -2.22. The number of aromatic nitrogens is 1. The molecule has 0 radical (unpaired) electrons. The molecule has 0 fully saturated rings. The molecule has 0 unspecified atom stereocenters. The Morgan fingerprint density at radius 1 is 0.897 bits per heavy atom. The average molecular weight is 403 g/mol. The Hall–Kier alpha value is -3.71. The minimum Gasteiger partial charge on any atom is -0.457 e. The fourth-order valence-corrected chi connectivity index (χ4v) is 3.66. The Labute approximate surface area is 171 Å². The number of para-hydroxylation sites is 1. The van der Waals surface area contributed by atoms with Crippen molar-refractivity contribution in [3.8, 4) is 11.5 Å². The van der Waals surface area contributed by atoms with Crippen molar-refractivity contribution in [1.29, 1.82) is 0 Å². The molecule has 0 spiro atoms. The van der Waals surface area contributed by atoms with Crippen molar-refractivity contribution < 1.29 is 14.3 Å². The fraction of sp³-hybridized carbons (Fsp3) is 0.0455. The van der Waals surface area contributed by atoms with Crippen molar-refractivity contribution in [3.63, 3.8) is 0 Å². The Morgan fingerprint density at radius 3 is 2.14 bits per heavy atom. The highest BCUT2D eigenvalue weighted by atomic mass is 32.1. The SMILES string of the molecule is NC(=O)c1ccc(Oc2ccc(C(=O)NCc3nc4ccccc4s3)cc2)cc1. The van der Waals surface area contributed by atoms with Gasteiger partial charge in [-0.1, -0.05) is 12.1 Å². The molecule has 7 heteroatoms. The minimum absolute atomic E-state index is 0.179. The van der Waals surface area contributed by atoms with Crippen molar-refractivity contribution in [1.82, 2.24) is 10.3 Å². The molecule has 0 saturated heterocycles. The zero-order chi connectivity index (χ0) is 20.2. The van der Waals surface area contributed by atoms with Gasteiger partial charge in [0.05, 0.1) is 16.8 Å².